The van der Waals surface area contributed by atoms with Gasteiger partial charge in [0, 0.05) is 49.2 Å². The maximum atomic E-state index is 12.7. The number of aromatic amines is 1. The summed E-state index contributed by atoms with van der Waals surface area (Å²) < 4.78 is 28.4. The SMILES string of the molecule is C=CC(=O)N1CCN(Cc2cnc(-c3cc4cccc(NS(=O)(=O)c5cccs5)c4[nH]3)s2)CC1. The van der Waals surface area contributed by atoms with Crippen molar-refractivity contribution in [3.8, 4) is 10.7 Å². The molecule has 1 amide bonds. The van der Waals surface area contributed by atoms with Gasteiger partial charge in [0.2, 0.25) is 5.91 Å². The molecule has 4 heterocycles. The highest BCUT2D eigenvalue weighted by Gasteiger charge is 2.21. The molecule has 0 aliphatic carbocycles. The number of thiophene rings is 1. The molecule has 176 valence electrons. The van der Waals surface area contributed by atoms with Crippen LogP contribution in [0.3, 0.4) is 0 Å². The lowest BCUT2D eigenvalue weighted by atomic mass is 10.2. The highest BCUT2D eigenvalue weighted by Crippen LogP contribution is 2.32. The van der Waals surface area contributed by atoms with E-state index in [2.05, 4.69) is 26.2 Å². The predicted molar refractivity (Wildman–Crippen MR) is 137 cm³/mol. The average Bonchev–Trinajstić information content (AvgIpc) is 3.59. The third-order valence-corrected chi connectivity index (χ3v) is 9.46. The lowest BCUT2D eigenvalue weighted by Gasteiger charge is -2.33. The van der Waals surface area contributed by atoms with Crippen molar-refractivity contribution >= 4 is 55.2 Å². The summed E-state index contributed by atoms with van der Waals surface area (Å²) in [6, 6.07) is 10.8. The molecule has 0 saturated carbocycles. The molecule has 5 rings (SSSR count). The summed E-state index contributed by atoms with van der Waals surface area (Å²) in [5, 5.41) is 3.49. The molecule has 4 aromatic rings. The van der Waals surface area contributed by atoms with Gasteiger partial charge in [-0.1, -0.05) is 24.8 Å². The summed E-state index contributed by atoms with van der Waals surface area (Å²) in [5.74, 6) is -0.0180. The number of carbonyl (C=O) groups excluding carboxylic acids is 1. The molecule has 0 radical (unpaired) electrons. The van der Waals surface area contributed by atoms with Crippen LogP contribution >= 0.6 is 22.7 Å². The fourth-order valence-corrected chi connectivity index (χ4v) is 6.94. The van der Waals surface area contributed by atoms with Crippen LogP contribution in [0.2, 0.25) is 0 Å². The van der Waals surface area contributed by atoms with Gasteiger partial charge >= 0.3 is 0 Å². The van der Waals surface area contributed by atoms with Crippen molar-refractivity contribution in [1.29, 1.82) is 0 Å². The Labute approximate surface area is 205 Å². The maximum Gasteiger partial charge on any atom is 0.271 e. The summed E-state index contributed by atoms with van der Waals surface area (Å²) in [4.78, 5) is 25.0. The van der Waals surface area contributed by atoms with Crippen LogP contribution in [0.4, 0.5) is 5.69 Å². The van der Waals surface area contributed by atoms with E-state index < -0.39 is 10.0 Å². The van der Waals surface area contributed by atoms with Gasteiger partial charge in [-0.2, -0.15) is 0 Å². The quantitative estimate of drug-likeness (QED) is 0.364. The third kappa shape index (κ3) is 4.64. The van der Waals surface area contributed by atoms with E-state index in [4.69, 9.17) is 0 Å². The first-order valence-corrected chi connectivity index (χ1v) is 13.9. The summed E-state index contributed by atoms with van der Waals surface area (Å²) in [6.07, 6.45) is 3.25. The van der Waals surface area contributed by atoms with Gasteiger partial charge in [0.15, 0.2) is 0 Å². The van der Waals surface area contributed by atoms with Crippen LogP contribution in [0.5, 0.6) is 0 Å². The van der Waals surface area contributed by atoms with E-state index in [1.54, 1.807) is 34.9 Å². The number of hydrogen-bond acceptors (Lipinski definition) is 7. The predicted octanol–water partition coefficient (Wildman–Crippen LogP) is 3.98. The fourth-order valence-electron chi connectivity index (χ4n) is 3.95. The van der Waals surface area contributed by atoms with E-state index in [0.717, 1.165) is 46.1 Å². The van der Waals surface area contributed by atoms with E-state index in [-0.39, 0.29) is 10.1 Å². The van der Waals surface area contributed by atoms with Crippen LogP contribution in [-0.2, 0) is 21.4 Å². The highest BCUT2D eigenvalue weighted by molar-refractivity contribution is 7.94. The monoisotopic (exact) mass is 513 g/mol. The second kappa shape index (κ2) is 9.34. The first kappa shape index (κ1) is 22.8. The molecule has 0 bridgehead atoms. The molecule has 1 aliphatic rings. The van der Waals surface area contributed by atoms with Crippen molar-refractivity contribution in [1.82, 2.24) is 19.8 Å². The van der Waals surface area contributed by atoms with Crippen LogP contribution in [0.25, 0.3) is 21.6 Å². The molecule has 8 nitrogen and oxygen atoms in total. The van der Waals surface area contributed by atoms with Crippen molar-refractivity contribution < 1.29 is 13.2 Å². The van der Waals surface area contributed by atoms with Crippen molar-refractivity contribution in [2.75, 3.05) is 30.9 Å². The smallest absolute Gasteiger partial charge is 0.271 e. The number of para-hydroxylation sites is 1. The van der Waals surface area contributed by atoms with Crippen LogP contribution in [0.1, 0.15) is 4.88 Å². The minimum Gasteiger partial charge on any atom is -0.351 e. The lowest BCUT2D eigenvalue weighted by molar-refractivity contribution is -0.127. The molecule has 3 aromatic heterocycles. The topological polar surface area (TPSA) is 98.4 Å². The van der Waals surface area contributed by atoms with Gasteiger partial charge in [-0.25, -0.2) is 13.4 Å². The number of nitrogens with zero attached hydrogens (tertiary/aromatic N) is 3. The van der Waals surface area contributed by atoms with Crippen LogP contribution in [-0.4, -0.2) is 60.3 Å². The molecule has 1 fully saturated rings. The minimum absolute atomic E-state index is 0.0180. The number of thiazole rings is 1. The molecule has 0 atom stereocenters. The number of amides is 1. The standard InChI is InChI=1S/C23H23N5O3S3/c1-2-20(29)28-10-8-27(9-11-28)15-17-14-24-23(33-17)19-13-16-5-3-6-18(22(16)25-19)26-34(30,31)21-7-4-12-32-21/h2-7,12-14,25-26H,1,8-11,15H2. The van der Waals surface area contributed by atoms with Crippen LogP contribution in [0.15, 0.2) is 64.8 Å². The number of carbonyl (C=O) groups is 1. The largest absolute Gasteiger partial charge is 0.351 e. The van der Waals surface area contributed by atoms with E-state index in [1.807, 2.05) is 29.3 Å². The summed E-state index contributed by atoms with van der Waals surface area (Å²) in [5.41, 5.74) is 2.06. The van der Waals surface area contributed by atoms with Crippen LogP contribution in [0, 0.1) is 0 Å². The number of hydrogen-bond donors (Lipinski definition) is 2. The summed E-state index contributed by atoms with van der Waals surface area (Å²) >= 11 is 2.79. The Morgan fingerprint density at radius 2 is 2.03 bits per heavy atom. The Kier molecular flexibility index (Phi) is 6.26. The van der Waals surface area contributed by atoms with E-state index in [1.165, 1.54) is 17.4 Å². The zero-order chi connectivity index (χ0) is 23.7. The first-order chi connectivity index (χ1) is 16.4. The number of anilines is 1. The fraction of sp³-hybridized carbons (Fsp3) is 0.217. The van der Waals surface area contributed by atoms with E-state index in [9.17, 15) is 13.2 Å². The Balaban J connectivity index is 1.32. The van der Waals surface area contributed by atoms with Crippen molar-refractivity contribution in [2.45, 2.75) is 10.8 Å². The van der Waals surface area contributed by atoms with E-state index in [0.29, 0.717) is 18.8 Å². The third-order valence-electron chi connectivity index (χ3n) is 5.68. The van der Waals surface area contributed by atoms with Crippen molar-refractivity contribution in [3.05, 3.63) is 65.5 Å². The Hall–Kier alpha value is -2.99. The Morgan fingerprint density at radius 1 is 1.21 bits per heavy atom. The van der Waals surface area contributed by atoms with Gasteiger partial charge in [0.05, 0.1) is 16.9 Å². The van der Waals surface area contributed by atoms with E-state index >= 15 is 0 Å². The zero-order valence-corrected chi connectivity index (χ0v) is 20.7. The average molecular weight is 514 g/mol. The van der Waals surface area contributed by atoms with Crippen molar-refractivity contribution in [3.63, 3.8) is 0 Å². The number of fused-ring (bicyclic) bond motifs is 1. The van der Waals surface area contributed by atoms with Crippen molar-refractivity contribution in [2.24, 2.45) is 0 Å². The zero-order valence-electron chi connectivity index (χ0n) is 18.2. The number of rotatable bonds is 7. The molecule has 1 aliphatic heterocycles. The van der Waals surface area contributed by atoms with Gasteiger partial charge in [-0.3, -0.25) is 14.4 Å². The Morgan fingerprint density at radius 3 is 2.76 bits per heavy atom. The van der Waals surface area contributed by atoms with Gasteiger partial charge in [0.1, 0.15) is 9.22 Å². The second-order valence-corrected chi connectivity index (χ2v) is 11.9. The number of aromatic nitrogens is 2. The Bertz CT molecular complexity index is 1430. The molecule has 11 heteroatoms. The summed E-state index contributed by atoms with van der Waals surface area (Å²) in [6.45, 7) is 7.35. The number of benzene rings is 1. The lowest BCUT2D eigenvalue weighted by Crippen LogP contribution is -2.47. The normalized spacial score (nSPS) is 15.0. The minimum atomic E-state index is -3.64. The van der Waals surface area contributed by atoms with Gasteiger partial charge in [-0.05, 0) is 29.7 Å². The second-order valence-electron chi connectivity index (χ2n) is 7.93. The maximum absolute atomic E-state index is 12.7. The first-order valence-electron chi connectivity index (χ1n) is 10.7. The van der Waals surface area contributed by atoms with Gasteiger partial charge in [-0.15, -0.1) is 22.7 Å². The number of sulfonamides is 1. The molecular weight excluding hydrogens is 490 g/mol. The van der Waals surface area contributed by atoms with Gasteiger partial charge in [0.25, 0.3) is 10.0 Å². The summed E-state index contributed by atoms with van der Waals surface area (Å²) in [7, 11) is -3.64. The molecule has 0 spiro atoms. The molecular formula is C23H23N5O3S3. The molecule has 0 unspecified atom stereocenters. The molecule has 1 aromatic carbocycles. The number of H-pyrrole nitrogens is 1. The number of nitrogens with one attached hydrogen (secondary N) is 2. The van der Waals surface area contributed by atoms with Gasteiger partial charge < -0.3 is 9.88 Å². The highest BCUT2D eigenvalue weighted by atomic mass is 32.2. The van der Waals surface area contributed by atoms with Crippen LogP contribution < -0.4 is 4.72 Å². The molecule has 1 saturated heterocycles. The molecule has 34 heavy (non-hydrogen) atoms. The number of piperazine rings is 1. The molecule has 2 N–H and O–H groups in total.